The van der Waals surface area contributed by atoms with Crippen molar-refractivity contribution in [3.8, 4) is 0 Å². The van der Waals surface area contributed by atoms with Crippen LogP contribution < -0.4 is 5.73 Å². The van der Waals surface area contributed by atoms with E-state index in [2.05, 4.69) is 11.8 Å². The largest absolute Gasteiger partial charge is 0.329 e. The van der Waals surface area contributed by atoms with Gasteiger partial charge in [0.2, 0.25) is 0 Å². The standard InChI is InChI=1S/C14H28N2O2S/c1-2-13-4-3-8-16(9-5-13)14(12-15)6-10-19(17,18)11-7-14/h13H,2-12,15H2,1H3. The van der Waals surface area contributed by atoms with Gasteiger partial charge in [0.25, 0.3) is 0 Å². The third-order valence-electron chi connectivity index (χ3n) is 5.23. The summed E-state index contributed by atoms with van der Waals surface area (Å²) >= 11 is 0. The molecule has 0 saturated carbocycles. The summed E-state index contributed by atoms with van der Waals surface area (Å²) in [6.07, 6.45) is 6.49. The van der Waals surface area contributed by atoms with Crippen LogP contribution in [0.1, 0.15) is 45.4 Å². The molecule has 2 aliphatic rings. The number of rotatable bonds is 3. The van der Waals surface area contributed by atoms with Crippen LogP contribution in [-0.2, 0) is 9.84 Å². The van der Waals surface area contributed by atoms with Crippen molar-refractivity contribution in [1.82, 2.24) is 4.90 Å². The van der Waals surface area contributed by atoms with Gasteiger partial charge in [-0.05, 0) is 51.1 Å². The lowest BCUT2D eigenvalue weighted by atomic mass is 9.89. The molecule has 112 valence electrons. The Morgan fingerprint density at radius 3 is 2.47 bits per heavy atom. The smallest absolute Gasteiger partial charge is 0.150 e. The van der Waals surface area contributed by atoms with Crippen LogP contribution in [0.3, 0.4) is 0 Å². The molecule has 2 rings (SSSR count). The van der Waals surface area contributed by atoms with Gasteiger partial charge in [0.05, 0.1) is 11.5 Å². The van der Waals surface area contributed by atoms with E-state index in [4.69, 9.17) is 5.73 Å². The molecule has 0 amide bonds. The van der Waals surface area contributed by atoms with Crippen LogP contribution >= 0.6 is 0 Å². The zero-order chi connectivity index (χ0) is 13.9. The summed E-state index contributed by atoms with van der Waals surface area (Å²) < 4.78 is 23.3. The van der Waals surface area contributed by atoms with Crippen molar-refractivity contribution in [2.75, 3.05) is 31.1 Å². The Morgan fingerprint density at radius 2 is 1.89 bits per heavy atom. The third kappa shape index (κ3) is 3.50. The number of nitrogens with two attached hydrogens (primary N) is 1. The number of likely N-dealkylation sites (tertiary alicyclic amines) is 1. The highest BCUT2D eigenvalue weighted by molar-refractivity contribution is 7.91. The minimum atomic E-state index is -2.81. The van der Waals surface area contributed by atoms with Crippen molar-refractivity contribution in [3.05, 3.63) is 0 Å². The van der Waals surface area contributed by atoms with Gasteiger partial charge in [0.1, 0.15) is 9.84 Å². The van der Waals surface area contributed by atoms with E-state index in [-0.39, 0.29) is 5.54 Å². The third-order valence-corrected chi connectivity index (χ3v) is 6.88. The number of nitrogens with zero attached hydrogens (tertiary/aromatic N) is 1. The van der Waals surface area contributed by atoms with E-state index >= 15 is 0 Å². The summed E-state index contributed by atoms with van der Waals surface area (Å²) in [4.78, 5) is 2.51. The van der Waals surface area contributed by atoms with E-state index in [0.29, 0.717) is 18.1 Å². The summed E-state index contributed by atoms with van der Waals surface area (Å²) in [5.74, 6) is 1.47. The predicted octanol–water partition coefficient (Wildman–Crippen LogP) is 1.40. The second-order valence-corrected chi connectivity index (χ2v) is 8.58. The maximum absolute atomic E-state index is 11.6. The lowest BCUT2D eigenvalue weighted by molar-refractivity contribution is 0.0855. The van der Waals surface area contributed by atoms with Gasteiger partial charge in [-0.25, -0.2) is 8.42 Å². The Bertz CT molecular complexity index is 380. The molecule has 0 aromatic rings. The van der Waals surface area contributed by atoms with Crippen molar-refractivity contribution >= 4 is 9.84 Å². The predicted molar refractivity (Wildman–Crippen MR) is 78.9 cm³/mol. The molecule has 2 heterocycles. The van der Waals surface area contributed by atoms with Crippen LogP contribution in [0.4, 0.5) is 0 Å². The second kappa shape index (κ2) is 6.10. The summed E-state index contributed by atoms with van der Waals surface area (Å²) in [5, 5.41) is 0. The Morgan fingerprint density at radius 1 is 1.21 bits per heavy atom. The van der Waals surface area contributed by atoms with Crippen LogP contribution in [0, 0.1) is 5.92 Å². The molecular formula is C14H28N2O2S. The molecule has 2 saturated heterocycles. The van der Waals surface area contributed by atoms with Gasteiger partial charge < -0.3 is 5.73 Å². The summed E-state index contributed by atoms with van der Waals surface area (Å²) in [5.41, 5.74) is 5.99. The Kier molecular flexibility index (Phi) is 4.90. The monoisotopic (exact) mass is 288 g/mol. The first kappa shape index (κ1) is 15.3. The first-order valence-corrected chi connectivity index (χ1v) is 9.49. The molecule has 0 spiro atoms. The van der Waals surface area contributed by atoms with Crippen LogP contribution in [0.25, 0.3) is 0 Å². The van der Waals surface area contributed by atoms with Crippen molar-refractivity contribution in [2.45, 2.75) is 51.0 Å². The second-order valence-electron chi connectivity index (χ2n) is 6.27. The molecule has 19 heavy (non-hydrogen) atoms. The fourth-order valence-corrected chi connectivity index (χ4v) is 5.20. The molecule has 2 N–H and O–H groups in total. The lowest BCUT2D eigenvalue weighted by Crippen LogP contribution is -2.58. The first-order chi connectivity index (χ1) is 9.01. The van der Waals surface area contributed by atoms with Gasteiger partial charge in [0, 0.05) is 12.1 Å². The van der Waals surface area contributed by atoms with Crippen LogP contribution in [0.15, 0.2) is 0 Å². The van der Waals surface area contributed by atoms with Crippen molar-refractivity contribution < 1.29 is 8.42 Å². The van der Waals surface area contributed by atoms with Gasteiger partial charge in [0.15, 0.2) is 0 Å². The Labute approximate surface area is 117 Å². The Balaban J connectivity index is 2.05. The first-order valence-electron chi connectivity index (χ1n) is 7.67. The fraction of sp³-hybridized carbons (Fsp3) is 1.00. The van der Waals surface area contributed by atoms with E-state index in [1.165, 1.54) is 25.7 Å². The van der Waals surface area contributed by atoms with Crippen molar-refractivity contribution in [1.29, 1.82) is 0 Å². The van der Waals surface area contributed by atoms with Gasteiger partial charge in [-0.2, -0.15) is 0 Å². The highest BCUT2D eigenvalue weighted by atomic mass is 32.2. The number of sulfone groups is 1. The quantitative estimate of drug-likeness (QED) is 0.853. The van der Waals surface area contributed by atoms with E-state index in [9.17, 15) is 8.42 Å². The minimum absolute atomic E-state index is 0.0477. The number of hydrogen-bond acceptors (Lipinski definition) is 4. The highest BCUT2D eigenvalue weighted by Gasteiger charge is 2.41. The number of hydrogen-bond donors (Lipinski definition) is 1. The van der Waals surface area contributed by atoms with E-state index < -0.39 is 9.84 Å². The van der Waals surface area contributed by atoms with E-state index in [1.54, 1.807) is 0 Å². The molecule has 4 nitrogen and oxygen atoms in total. The van der Waals surface area contributed by atoms with Gasteiger partial charge in [-0.1, -0.05) is 13.3 Å². The SMILES string of the molecule is CCC1CCCN(C2(CN)CCS(=O)(=O)CC2)CC1. The van der Waals surface area contributed by atoms with Gasteiger partial charge in [-0.15, -0.1) is 0 Å². The molecule has 1 unspecified atom stereocenters. The average Bonchev–Trinajstić information content (AvgIpc) is 2.65. The molecule has 0 aromatic heterocycles. The molecule has 0 aliphatic carbocycles. The van der Waals surface area contributed by atoms with Crippen molar-refractivity contribution in [2.24, 2.45) is 11.7 Å². The topological polar surface area (TPSA) is 63.4 Å². The van der Waals surface area contributed by atoms with Crippen molar-refractivity contribution in [3.63, 3.8) is 0 Å². The summed E-state index contributed by atoms with van der Waals surface area (Å²) in [6.45, 7) is 5.05. The zero-order valence-electron chi connectivity index (χ0n) is 12.1. The average molecular weight is 288 g/mol. The van der Waals surface area contributed by atoms with E-state index in [0.717, 1.165) is 31.8 Å². The molecule has 0 bridgehead atoms. The van der Waals surface area contributed by atoms with Gasteiger partial charge in [-0.3, -0.25) is 4.90 Å². The molecule has 1 atom stereocenters. The molecule has 2 fully saturated rings. The maximum Gasteiger partial charge on any atom is 0.150 e. The normalized spacial score (nSPS) is 31.8. The fourth-order valence-electron chi connectivity index (χ4n) is 3.62. The lowest BCUT2D eigenvalue weighted by Gasteiger charge is -2.45. The minimum Gasteiger partial charge on any atom is -0.329 e. The van der Waals surface area contributed by atoms with Crippen LogP contribution in [0.2, 0.25) is 0 Å². The van der Waals surface area contributed by atoms with Crippen LogP contribution in [0.5, 0.6) is 0 Å². The zero-order valence-corrected chi connectivity index (χ0v) is 12.9. The Hall–Kier alpha value is -0.130. The van der Waals surface area contributed by atoms with Crippen LogP contribution in [-0.4, -0.2) is 50.0 Å². The van der Waals surface area contributed by atoms with Gasteiger partial charge >= 0.3 is 0 Å². The molecule has 0 radical (unpaired) electrons. The van der Waals surface area contributed by atoms with E-state index in [1.807, 2.05) is 0 Å². The molecule has 0 aromatic carbocycles. The molecular weight excluding hydrogens is 260 g/mol. The maximum atomic E-state index is 11.6. The molecule has 5 heteroatoms. The summed E-state index contributed by atoms with van der Waals surface area (Å²) in [7, 11) is -2.81. The molecule has 2 aliphatic heterocycles. The highest BCUT2D eigenvalue weighted by Crippen LogP contribution is 2.32. The summed E-state index contributed by atoms with van der Waals surface area (Å²) in [6, 6.07) is 0.